The fourth-order valence-corrected chi connectivity index (χ4v) is 2.20. The number of aromatic amines is 1. The number of rotatable bonds is 6. The first-order chi connectivity index (χ1) is 10.5. The van der Waals surface area contributed by atoms with Gasteiger partial charge in [-0.15, -0.1) is 0 Å². The highest BCUT2D eigenvalue weighted by atomic mass is 16.2. The molecule has 0 spiro atoms. The minimum absolute atomic E-state index is 0.215. The van der Waals surface area contributed by atoms with Gasteiger partial charge in [0, 0.05) is 12.6 Å². The molecule has 0 fully saturated rings. The molecule has 0 aliphatic heterocycles. The third-order valence-corrected chi connectivity index (χ3v) is 3.28. The lowest BCUT2D eigenvalue weighted by molar-refractivity contribution is 0.0948. The molecule has 116 valence electrons. The summed E-state index contributed by atoms with van der Waals surface area (Å²) < 4.78 is 0. The maximum atomic E-state index is 11.8. The lowest BCUT2D eigenvalue weighted by Gasteiger charge is -2.07. The molecule has 0 aliphatic rings. The molecule has 5 nitrogen and oxygen atoms in total. The lowest BCUT2D eigenvalue weighted by Crippen LogP contribution is -2.27. The SMILES string of the molecule is CC(C)Cc1ccc(CCNC(=O)c2ccc(=O)[nH]n2)cc1. The summed E-state index contributed by atoms with van der Waals surface area (Å²) in [6.45, 7) is 4.94. The minimum Gasteiger partial charge on any atom is -0.350 e. The number of amides is 1. The number of hydrogen-bond acceptors (Lipinski definition) is 3. The predicted molar refractivity (Wildman–Crippen MR) is 85.9 cm³/mol. The number of H-pyrrole nitrogens is 1. The number of nitrogens with zero attached hydrogens (tertiary/aromatic N) is 1. The zero-order valence-electron chi connectivity index (χ0n) is 12.9. The van der Waals surface area contributed by atoms with Crippen LogP contribution in [-0.2, 0) is 12.8 Å². The van der Waals surface area contributed by atoms with E-state index in [1.807, 2.05) is 0 Å². The number of carbonyl (C=O) groups is 1. The van der Waals surface area contributed by atoms with E-state index in [4.69, 9.17) is 0 Å². The molecule has 22 heavy (non-hydrogen) atoms. The Morgan fingerprint density at radius 1 is 1.14 bits per heavy atom. The summed E-state index contributed by atoms with van der Waals surface area (Å²) in [7, 11) is 0. The highest BCUT2D eigenvalue weighted by Gasteiger charge is 2.06. The van der Waals surface area contributed by atoms with Gasteiger partial charge in [-0.2, -0.15) is 5.10 Å². The Hall–Kier alpha value is -2.43. The van der Waals surface area contributed by atoms with Crippen molar-refractivity contribution < 1.29 is 4.79 Å². The summed E-state index contributed by atoms with van der Waals surface area (Å²) in [5.41, 5.74) is 2.41. The van der Waals surface area contributed by atoms with Gasteiger partial charge < -0.3 is 5.32 Å². The first kappa shape index (κ1) is 15.9. The van der Waals surface area contributed by atoms with E-state index in [1.54, 1.807) is 0 Å². The van der Waals surface area contributed by atoms with Crippen molar-refractivity contribution in [2.45, 2.75) is 26.7 Å². The van der Waals surface area contributed by atoms with Crippen LogP contribution < -0.4 is 10.9 Å². The highest BCUT2D eigenvalue weighted by molar-refractivity contribution is 5.91. The minimum atomic E-state index is -0.321. The van der Waals surface area contributed by atoms with Gasteiger partial charge in [-0.25, -0.2) is 5.10 Å². The van der Waals surface area contributed by atoms with E-state index in [2.05, 4.69) is 53.6 Å². The first-order valence-corrected chi connectivity index (χ1v) is 7.46. The number of hydrogen-bond donors (Lipinski definition) is 2. The Kier molecular flexibility index (Phi) is 5.47. The maximum Gasteiger partial charge on any atom is 0.271 e. The van der Waals surface area contributed by atoms with Crippen LogP contribution in [0, 0.1) is 5.92 Å². The van der Waals surface area contributed by atoms with Crippen LogP contribution in [0.15, 0.2) is 41.2 Å². The van der Waals surface area contributed by atoms with Gasteiger partial charge in [0.1, 0.15) is 5.69 Å². The molecule has 0 saturated carbocycles. The number of benzene rings is 1. The van der Waals surface area contributed by atoms with Gasteiger partial charge in [0.2, 0.25) is 0 Å². The fourth-order valence-electron chi connectivity index (χ4n) is 2.20. The topological polar surface area (TPSA) is 74.8 Å². The van der Waals surface area contributed by atoms with E-state index in [9.17, 15) is 9.59 Å². The summed E-state index contributed by atoms with van der Waals surface area (Å²) in [5.74, 6) is 0.364. The van der Waals surface area contributed by atoms with Crippen LogP contribution in [0.4, 0.5) is 0 Å². The molecule has 0 radical (unpaired) electrons. The van der Waals surface area contributed by atoms with E-state index >= 15 is 0 Å². The summed E-state index contributed by atoms with van der Waals surface area (Å²) >= 11 is 0. The van der Waals surface area contributed by atoms with E-state index < -0.39 is 0 Å². The summed E-state index contributed by atoms with van der Waals surface area (Å²) in [6.07, 6.45) is 1.84. The zero-order valence-corrected chi connectivity index (χ0v) is 12.9. The molecule has 0 bridgehead atoms. The standard InChI is InChI=1S/C17H21N3O2/c1-12(2)11-14-5-3-13(4-6-14)9-10-18-17(22)15-7-8-16(21)20-19-15/h3-8,12H,9-11H2,1-2H3,(H,18,22)(H,20,21). The zero-order chi connectivity index (χ0) is 15.9. The van der Waals surface area contributed by atoms with E-state index in [-0.39, 0.29) is 17.2 Å². The maximum absolute atomic E-state index is 11.8. The van der Waals surface area contributed by atoms with Crippen molar-refractivity contribution >= 4 is 5.91 Å². The molecule has 2 rings (SSSR count). The Bertz CT molecular complexity index is 655. The van der Waals surface area contributed by atoms with Crippen LogP contribution in [0.25, 0.3) is 0 Å². The number of nitrogens with one attached hydrogen (secondary N) is 2. The Morgan fingerprint density at radius 3 is 2.41 bits per heavy atom. The van der Waals surface area contributed by atoms with Gasteiger partial charge in [-0.3, -0.25) is 9.59 Å². The first-order valence-electron chi connectivity index (χ1n) is 7.46. The van der Waals surface area contributed by atoms with Crippen LogP contribution in [0.3, 0.4) is 0 Å². The second-order valence-corrected chi connectivity index (χ2v) is 5.73. The molecule has 0 aliphatic carbocycles. The molecule has 1 aromatic heterocycles. The quantitative estimate of drug-likeness (QED) is 0.856. The van der Waals surface area contributed by atoms with Crippen LogP contribution in [-0.4, -0.2) is 22.6 Å². The number of aromatic nitrogens is 2. The average Bonchev–Trinajstić information content (AvgIpc) is 2.49. The molecule has 1 amide bonds. The Morgan fingerprint density at radius 2 is 1.82 bits per heavy atom. The molecular formula is C17H21N3O2. The van der Waals surface area contributed by atoms with Crippen molar-refractivity contribution in [3.63, 3.8) is 0 Å². The second kappa shape index (κ2) is 7.54. The summed E-state index contributed by atoms with van der Waals surface area (Å²) in [4.78, 5) is 22.7. The van der Waals surface area contributed by atoms with Crippen LogP contribution in [0.2, 0.25) is 0 Å². The number of carbonyl (C=O) groups excluding carboxylic acids is 1. The molecular weight excluding hydrogens is 278 g/mol. The molecule has 5 heteroatoms. The smallest absolute Gasteiger partial charge is 0.271 e. The third-order valence-electron chi connectivity index (χ3n) is 3.28. The molecule has 0 saturated heterocycles. The molecule has 0 atom stereocenters. The highest BCUT2D eigenvalue weighted by Crippen LogP contribution is 2.10. The van der Waals surface area contributed by atoms with Crippen molar-refractivity contribution in [3.8, 4) is 0 Å². The molecule has 2 aromatic rings. The summed E-state index contributed by atoms with van der Waals surface area (Å²) in [5, 5.41) is 8.73. The van der Waals surface area contributed by atoms with Crippen LogP contribution in [0.1, 0.15) is 35.5 Å². The van der Waals surface area contributed by atoms with Gasteiger partial charge in [0.15, 0.2) is 0 Å². The fraction of sp³-hybridized carbons (Fsp3) is 0.353. The van der Waals surface area contributed by atoms with Gasteiger partial charge in [0.05, 0.1) is 0 Å². The Labute approximate surface area is 129 Å². The third kappa shape index (κ3) is 4.84. The molecule has 2 N–H and O–H groups in total. The van der Waals surface area contributed by atoms with Gasteiger partial charge in [-0.1, -0.05) is 38.1 Å². The van der Waals surface area contributed by atoms with Crippen LogP contribution >= 0.6 is 0 Å². The van der Waals surface area contributed by atoms with Gasteiger partial charge in [0.25, 0.3) is 11.5 Å². The predicted octanol–water partition coefficient (Wildman–Crippen LogP) is 1.94. The van der Waals surface area contributed by atoms with E-state index in [0.717, 1.165) is 12.8 Å². The monoisotopic (exact) mass is 299 g/mol. The van der Waals surface area contributed by atoms with Gasteiger partial charge in [-0.05, 0) is 36.0 Å². The van der Waals surface area contributed by atoms with Crippen molar-refractivity contribution in [1.82, 2.24) is 15.5 Å². The average molecular weight is 299 g/mol. The normalized spacial score (nSPS) is 10.7. The largest absolute Gasteiger partial charge is 0.350 e. The van der Waals surface area contributed by atoms with Crippen molar-refractivity contribution in [2.75, 3.05) is 6.54 Å². The van der Waals surface area contributed by atoms with Gasteiger partial charge >= 0.3 is 0 Å². The second-order valence-electron chi connectivity index (χ2n) is 5.73. The molecule has 1 heterocycles. The van der Waals surface area contributed by atoms with Crippen molar-refractivity contribution in [2.24, 2.45) is 5.92 Å². The van der Waals surface area contributed by atoms with E-state index in [1.165, 1.54) is 23.3 Å². The van der Waals surface area contributed by atoms with E-state index in [0.29, 0.717) is 12.5 Å². The van der Waals surface area contributed by atoms with Crippen molar-refractivity contribution in [1.29, 1.82) is 0 Å². The summed E-state index contributed by atoms with van der Waals surface area (Å²) in [6, 6.07) is 11.2. The molecule has 0 unspecified atom stereocenters. The van der Waals surface area contributed by atoms with Crippen molar-refractivity contribution in [3.05, 3.63) is 63.6 Å². The lowest BCUT2D eigenvalue weighted by atomic mass is 10.0. The van der Waals surface area contributed by atoms with Crippen LogP contribution in [0.5, 0.6) is 0 Å². The Balaban J connectivity index is 1.82. The molecule has 1 aromatic carbocycles.